The lowest BCUT2D eigenvalue weighted by Gasteiger charge is -2.10. The van der Waals surface area contributed by atoms with Gasteiger partial charge in [-0.05, 0) is 69.3 Å². The molecule has 1 aromatic heterocycles. The van der Waals surface area contributed by atoms with Crippen LogP contribution in [0.3, 0.4) is 0 Å². The summed E-state index contributed by atoms with van der Waals surface area (Å²) in [6.07, 6.45) is 1.79. The zero-order valence-corrected chi connectivity index (χ0v) is 17.9. The molecule has 0 radical (unpaired) electrons. The summed E-state index contributed by atoms with van der Waals surface area (Å²) in [5.74, 6) is -0.649. The summed E-state index contributed by atoms with van der Waals surface area (Å²) < 4.78 is 31.2. The second-order valence-electron chi connectivity index (χ2n) is 7.09. The molecule has 0 aliphatic rings. The smallest absolute Gasteiger partial charge is 0.325 e. The standard InChI is InChI=1S/C22H24N2O5S/c1-4-29-21(25)14-24-12-11-17-13-18(7-10-20(17)24)23-22(26)16-5-8-19(9-6-16)30(27,28)15(2)3/h5-13,15H,4,14H2,1-3H3,(H,23,26). The number of ether oxygens (including phenoxy) is 1. The summed E-state index contributed by atoms with van der Waals surface area (Å²) in [6, 6.07) is 13.1. The van der Waals surface area contributed by atoms with E-state index in [1.54, 1.807) is 37.6 Å². The van der Waals surface area contributed by atoms with Crippen molar-refractivity contribution in [3.05, 3.63) is 60.3 Å². The van der Waals surface area contributed by atoms with Crippen LogP contribution in [0.2, 0.25) is 0 Å². The Balaban J connectivity index is 1.74. The van der Waals surface area contributed by atoms with Gasteiger partial charge in [0.1, 0.15) is 6.54 Å². The molecule has 30 heavy (non-hydrogen) atoms. The van der Waals surface area contributed by atoms with Gasteiger partial charge in [-0.1, -0.05) is 0 Å². The molecule has 0 bridgehead atoms. The number of aromatic nitrogens is 1. The Morgan fingerprint density at radius 2 is 1.77 bits per heavy atom. The summed E-state index contributed by atoms with van der Waals surface area (Å²) in [5.41, 5.74) is 1.81. The van der Waals surface area contributed by atoms with Gasteiger partial charge in [-0.2, -0.15) is 0 Å². The molecule has 7 nitrogen and oxygen atoms in total. The normalized spacial score (nSPS) is 11.6. The minimum Gasteiger partial charge on any atom is -0.465 e. The van der Waals surface area contributed by atoms with E-state index in [1.165, 1.54) is 24.3 Å². The SMILES string of the molecule is CCOC(=O)Cn1ccc2cc(NC(=O)c3ccc(S(=O)(=O)C(C)C)cc3)ccc21. The molecule has 2 aromatic carbocycles. The zero-order valence-electron chi connectivity index (χ0n) is 17.1. The van der Waals surface area contributed by atoms with Crippen molar-refractivity contribution in [3.8, 4) is 0 Å². The number of nitrogens with zero attached hydrogens (tertiary/aromatic N) is 1. The maximum Gasteiger partial charge on any atom is 0.325 e. The van der Waals surface area contributed by atoms with Crippen molar-refractivity contribution in [1.82, 2.24) is 4.57 Å². The topological polar surface area (TPSA) is 94.5 Å². The number of anilines is 1. The number of amides is 1. The quantitative estimate of drug-likeness (QED) is 0.580. The van der Waals surface area contributed by atoms with Gasteiger partial charge in [0.05, 0.1) is 16.8 Å². The molecule has 1 amide bonds. The Hall–Kier alpha value is -3.13. The molecule has 0 fully saturated rings. The highest BCUT2D eigenvalue weighted by Crippen LogP contribution is 2.22. The number of sulfone groups is 1. The predicted molar refractivity (Wildman–Crippen MR) is 115 cm³/mol. The Morgan fingerprint density at radius 3 is 2.40 bits per heavy atom. The van der Waals surface area contributed by atoms with Gasteiger partial charge < -0.3 is 14.6 Å². The number of hydrogen-bond acceptors (Lipinski definition) is 5. The first-order chi connectivity index (χ1) is 14.2. The fourth-order valence-electron chi connectivity index (χ4n) is 3.03. The number of carbonyl (C=O) groups is 2. The predicted octanol–water partition coefficient (Wildman–Crippen LogP) is 3.64. The lowest BCUT2D eigenvalue weighted by Crippen LogP contribution is -2.15. The number of fused-ring (bicyclic) bond motifs is 1. The second-order valence-corrected chi connectivity index (χ2v) is 9.60. The van der Waals surface area contributed by atoms with E-state index in [1.807, 2.05) is 18.2 Å². The molecule has 8 heteroatoms. The van der Waals surface area contributed by atoms with Gasteiger partial charge in [-0.25, -0.2) is 8.42 Å². The Morgan fingerprint density at radius 1 is 1.07 bits per heavy atom. The third kappa shape index (κ3) is 4.54. The summed E-state index contributed by atoms with van der Waals surface area (Å²) >= 11 is 0. The van der Waals surface area contributed by atoms with E-state index in [9.17, 15) is 18.0 Å². The van der Waals surface area contributed by atoms with Crippen LogP contribution >= 0.6 is 0 Å². The number of rotatable bonds is 7. The molecule has 0 atom stereocenters. The molecule has 0 saturated heterocycles. The maximum absolute atomic E-state index is 12.5. The Kier molecular flexibility index (Phi) is 6.26. The van der Waals surface area contributed by atoms with E-state index in [0.29, 0.717) is 17.9 Å². The van der Waals surface area contributed by atoms with E-state index < -0.39 is 15.1 Å². The van der Waals surface area contributed by atoms with Gasteiger partial charge in [0.2, 0.25) is 0 Å². The first-order valence-corrected chi connectivity index (χ1v) is 11.2. The number of hydrogen-bond donors (Lipinski definition) is 1. The number of carbonyl (C=O) groups excluding carboxylic acids is 2. The molecule has 3 aromatic rings. The largest absolute Gasteiger partial charge is 0.465 e. The summed E-state index contributed by atoms with van der Waals surface area (Å²) in [5, 5.41) is 3.16. The molecule has 0 saturated carbocycles. The number of esters is 1. The maximum atomic E-state index is 12.5. The second kappa shape index (κ2) is 8.71. The van der Waals surface area contributed by atoms with Crippen LogP contribution in [-0.2, 0) is 25.9 Å². The van der Waals surface area contributed by atoms with E-state index in [4.69, 9.17) is 4.74 Å². The van der Waals surface area contributed by atoms with Crippen molar-refractivity contribution in [2.24, 2.45) is 0 Å². The van der Waals surface area contributed by atoms with Gasteiger partial charge in [-0.15, -0.1) is 0 Å². The molecule has 0 spiro atoms. The van der Waals surface area contributed by atoms with E-state index in [2.05, 4.69) is 5.32 Å². The third-order valence-corrected chi connectivity index (χ3v) is 6.87. The minimum atomic E-state index is -3.38. The molecule has 3 rings (SSSR count). The summed E-state index contributed by atoms with van der Waals surface area (Å²) in [4.78, 5) is 24.4. The van der Waals surface area contributed by atoms with Gasteiger partial charge >= 0.3 is 5.97 Å². The Bertz CT molecular complexity index is 1180. The molecule has 0 aliphatic carbocycles. The molecule has 1 N–H and O–H groups in total. The molecule has 0 unspecified atom stereocenters. The number of benzene rings is 2. The van der Waals surface area contributed by atoms with Crippen LogP contribution < -0.4 is 5.32 Å². The van der Waals surface area contributed by atoms with Crippen LogP contribution in [0.1, 0.15) is 31.1 Å². The molecular formula is C22H24N2O5S. The lowest BCUT2D eigenvalue weighted by molar-refractivity contribution is -0.143. The van der Waals surface area contributed by atoms with Crippen LogP contribution in [0, 0.1) is 0 Å². The van der Waals surface area contributed by atoms with Crippen LogP contribution in [0.25, 0.3) is 10.9 Å². The van der Waals surface area contributed by atoms with Gasteiger partial charge in [0.15, 0.2) is 9.84 Å². The van der Waals surface area contributed by atoms with Crippen LogP contribution in [-0.4, -0.2) is 36.7 Å². The van der Waals surface area contributed by atoms with Gasteiger partial charge in [0.25, 0.3) is 5.91 Å². The first kappa shape index (κ1) is 21.6. The molecule has 1 heterocycles. The van der Waals surface area contributed by atoms with Crippen molar-refractivity contribution in [1.29, 1.82) is 0 Å². The van der Waals surface area contributed by atoms with Gasteiger partial charge in [0, 0.05) is 28.4 Å². The first-order valence-electron chi connectivity index (χ1n) is 9.62. The fourth-order valence-corrected chi connectivity index (χ4v) is 4.09. The summed E-state index contributed by atoms with van der Waals surface area (Å²) in [6.45, 7) is 5.45. The number of nitrogens with one attached hydrogen (secondary N) is 1. The van der Waals surface area contributed by atoms with E-state index >= 15 is 0 Å². The average Bonchev–Trinajstić information content (AvgIpc) is 3.10. The van der Waals surface area contributed by atoms with Crippen molar-refractivity contribution in [3.63, 3.8) is 0 Å². The third-order valence-electron chi connectivity index (χ3n) is 4.70. The van der Waals surface area contributed by atoms with Crippen LogP contribution in [0.15, 0.2) is 59.6 Å². The van der Waals surface area contributed by atoms with Crippen molar-refractivity contribution >= 4 is 38.3 Å². The zero-order chi connectivity index (χ0) is 21.9. The molecular weight excluding hydrogens is 404 g/mol. The monoisotopic (exact) mass is 428 g/mol. The van der Waals surface area contributed by atoms with Gasteiger partial charge in [-0.3, -0.25) is 9.59 Å². The lowest BCUT2D eigenvalue weighted by atomic mass is 10.2. The minimum absolute atomic E-state index is 0.120. The van der Waals surface area contributed by atoms with Crippen molar-refractivity contribution in [2.45, 2.75) is 37.5 Å². The molecule has 158 valence electrons. The highest BCUT2D eigenvalue weighted by atomic mass is 32.2. The summed E-state index contributed by atoms with van der Waals surface area (Å²) in [7, 11) is -3.38. The van der Waals surface area contributed by atoms with Crippen LogP contribution in [0.5, 0.6) is 0 Å². The van der Waals surface area contributed by atoms with Crippen LogP contribution in [0.4, 0.5) is 5.69 Å². The van der Waals surface area contributed by atoms with E-state index in [0.717, 1.165) is 10.9 Å². The average molecular weight is 429 g/mol. The van der Waals surface area contributed by atoms with Crippen molar-refractivity contribution < 1.29 is 22.7 Å². The Labute approximate surface area is 175 Å². The molecule has 0 aliphatic heterocycles. The fraction of sp³-hybridized carbons (Fsp3) is 0.273. The highest BCUT2D eigenvalue weighted by Gasteiger charge is 2.19. The van der Waals surface area contributed by atoms with E-state index in [-0.39, 0.29) is 23.3 Å². The highest BCUT2D eigenvalue weighted by molar-refractivity contribution is 7.92. The van der Waals surface area contributed by atoms with Crippen molar-refractivity contribution in [2.75, 3.05) is 11.9 Å².